The third-order valence-electron chi connectivity index (χ3n) is 5.43. The molecule has 0 fully saturated rings. The van der Waals surface area contributed by atoms with Crippen molar-refractivity contribution < 1.29 is 22.8 Å². The van der Waals surface area contributed by atoms with Gasteiger partial charge >= 0.3 is 6.18 Å². The van der Waals surface area contributed by atoms with Crippen LogP contribution in [0.5, 0.6) is 0 Å². The predicted molar refractivity (Wildman–Crippen MR) is 119 cm³/mol. The third-order valence-corrected chi connectivity index (χ3v) is 6.01. The lowest BCUT2D eigenvalue weighted by atomic mass is 9.93. The summed E-state index contributed by atoms with van der Waals surface area (Å²) in [5.41, 5.74) is 3.32. The molecule has 1 unspecified atom stereocenters. The average molecular weight is 472 g/mol. The number of anilines is 1. The minimum absolute atomic E-state index is 0.0386. The van der Waals surface area contributed by atoms with Gasteiger partial charge in [0.1, 0.15) is 17.3 Å². The molecule has 6 nitrogen and oxygen atoms in total. The van der Waals surface area contributed by atoms with Gasteiger partial charge in [-0.15, -0.1) is 11.3 Å². The summed E-state index contributed by atoms with van der Waals surface area (Å²) < 4.78 is 40.8. The number of ketones is 1. The monoisotopic (exact) mass is 472 g/mol. The molecule has 0 saturated heterocycles. The SMILES string of the molecule is CC(C(=O)Cc1nc2ccc(NC(=O)c3cscn3)cc2n1C)c1cccc(C(F)(F)F)c1. The number of amides is 1. The summed E-state index contributed by atoms with van der Waals surface area (Å²) in [4.78, 5) is 33.6. The van der Waals surface area contributed by atoms with E-state index in [4.69, 9.17) is 0 Å². The highest BCUT2D eigenvalue weighted by Gasteiger charge is 2.31. The molecule has 0 aliphatic rings. The van der Waals surface area contributed by atoms with Gasteiger partial charge in [0.15, 0.2) is 0 Å². The number of aromatic nitrogens is 3. The molecular formula is C23H19F3N4O2S. The lowest BCUT2D eigenvalue weighted by Gasteiger charge is -2.14. The summed E-state index contributed by atoms with van der Waals surface area (Å²) in [5, 5.41) is 4.42. The standard InChI is InChI=1S/C23H19F3N4O2S/c1-13(14-4-3-5-15(8-14)23(24,25)26)20(31)10-21-29-17-7-6-16(9-19(17)30(21)2)28-22(32)18-11-33-12-27-18/h3-9,11-13H,10H2,1-2H3,(H,28,32). The first-order valence-electron chi connectivity index (χ1n) is 9.98. The van der Waals surface area contributed by atoms with E-state index in [1.807, 2.05) is 0 Å². The topological polar surface area (TPSA) is 76.9 Å². The highest BCUT2D eigenvalue weighted by molar-refractivity contribution is 7.07. The van der Waals surface area contributed by atoms with Crippen LogP contribution in [0.15, 0.2) is 53.4 Å². The first-order valence-corrected chi connectivity index (χ1v) is 10.9. The van der Waals surface area contributed by atoms with E-state index in [0.29, 0.717) is 33.8 Å². The van der Waals surface area contributed by atoms with Crippen LogP contribution in [-0.2, 0) is 24.4 Å². The second-order valence-electron chi connectivity index (χ2n) is 7.61. The molecule has 2 aromatic heterocycles. The van der Waals surface area contributed by atoms with Crippen molar-refractivity contribution in [3.8, 4) is 0 Å². The molecule has 2 aromatic carbocycles. The molecule has 170 valence electrons. The summed E-state index contributed by atoms with van der Waals surface area (Å²) >= 11 is 1.32. The number of imidazole rings is 1. The number of hydrogen-bond acceptors (Lipinski definition) is 5. The smallest absolute Gasteiger partial charge is 0.331 e. The van der Waals surface area contributed by atoms with Gasteiger partial charge in [-0.2, -0.15) is 13.2 Å². The Morgan fingerprint density at radius 2 is 1.97 bits per heavy atom. The van der Waals surface area contributed by atoms with Gasteiger partial charge in [0.25, 0.3) is 5.91 Å². The molecule has 0 bridgehead atoms. The lowest BCUT2D eigenvalue weighted by Crippen LogP contribution is -2.15. The Hall–Kier alpha value is -3.53. The van der Waals surface area contributed by atoms with Gasteiger partial charge in [-0.3, -0.25) is 9.59 Å². The van der Waals surface area contributed by atoms with Crippen molar-refractivity contribution in [2.24, 2.45) is 7.05 Å². The van der Waals surface area contributed by atoms with Gasteiger partial charge in [-0.05, 0) is 29.8 Å². The van der Waals surface area contributed by atoms with E-state index in [0.717, 1.165) is 12.1 Å². The Bertz CT molecular complexity index is 1330. The van der Waals surface area contributed by atoms with Gasteiger partial charge in [0, 0.05) is 24.0 Å². The van der Waals surface area contributed by atoms with E-state index in [-0.39, 0.29) is 18.1 Å². The van der Waals surface area contributed by atoms with Crippen LogP contribution in [0, 0.1) is 0 Å². The molecule has 4 aromatic rings. The Morgan fingerprint density at radius 1 is 1.18 bits per heavy atom. The maximum Gasteiger partial charge on any atom is 0.416 e. The molecule has 0 aliphatic heterocycles. The highest BCUT2D eigenvalue weighted by Crippen LogP contribution is 2.31. The first-order chi connectivity index (χ1) is 15.6. The predicted octanol–water partition coefficient (Wildman–Crippen LogP) is 5.22. The fourth-order valence-electron chi connectivity index (χ4n) is 3.47. The Labute approximate surface area is 191 Å². The number of alkyl halides is 3. The molecule has 4 rings (SSSR count). The third kappa shape index (κ3) is 4.80. The molecular weight excluding hydrogens is 453 g/mol. The average Bonchev–Trinajstić information content (AvgIpc) is 3.42. The number of benzene rings is 2. The second kappa shape index (κ2) is 8.78. The normalized spacial score (nSPS) is 12.6. The molecule has 1 atom stereocenters. The molecule has 33 heavy (non-hydrogen) atoms. The Morgan fingerprint density at radius 3 is 2.67 bits per heavy atom. The fourth-order valence-corrected chi connectivity index (χ4v) is 4.01. The van der Waals surface area contributed by atoms with Crippen molar-refractivity contribution in [3.05, 3.63) is 76.0 Å². The van der Waals surface area contributed by atoms with E-state index in [1.165, 1.54) is 23.5 Å². The highest BCUT2D eigenvalue weighted by atomic mass is 32.1. The first kappa shape index (κ1) is 22.7. The van der Waals surface area contributed by atoms with Gasteiger partial charge in [0.05, 0.1) is 28.5 Å². The zero-order valence-corrected chi connectivity index (χ0v) is 18.5. The minimum atomic E-state index is -4.47. The van der Waals surface area contributed by atoms with Crippen molar-refractivity contribution in [2.75, 3.05) is 5.32 Å². The van der Waals surface area contributed by atoms with Crippen LogP contribution in [0.4, 0.5) is 18.9 Å². The number of fused-ring (bicyclic) bond motifs is 1. The number of rotatable bonds is 6. The lowest BCUT2D eigenvalue weighted by molar-refractivity contribution is -0.137. The number of Topliss-reactive ketones (excluding diaryl/α,β-unsaturated/α-hetero) is 1. The Balaban J connectivity index is 1.53. The maximum absolute atomic E-state index is 13.0. The van der Waals surface area contributed by atoms with Crippen molar-refractivity contribution in [2.45, 2.75) is 25.4 Å². The zero-order chi connectivity index (χ0) is 23.8. The number of carbonyl (C=O) groups excluding carboxylic acids is 2. The molecule has 10 heteroatoms. The van der Waals surface area contributed by atoms with Crippen LogP contribution in [0.2, 0.25) is 0 Å². The van der Waals surface area contributed by atoms with Gasteiger partial charge in [-0.25, -0.2) is 9.97 Å². The van der Waals surface area contributed by atoms with E-state index >= 15 is 0 Å². The molecule has 0 aliphatic carbocycles. The van der Waals surface area contributed by atoms with Crippen LogP contribution in [0.1, 0.15) is 40.3 Å². The number of aryl methyl sites for hydroxylation is 1. The molecule has 2 heterocycles. The van der Waals surface area contributed by atoms with Crippen LogP contribution in [0.3, 0.4) is 0 Å². The molecule has 0 radical (unpaired) electrons. The number of hydrogen-bond donors (Lipinski definition) is 1. The van der Waals surface area contributed by atoms with Crippen molar-refractivity contribution in [3.63, 3.8) is 0 Å². The maximum atomic E-state index is 13.0. The molecule has 0 saturated carbocycles. The minimum Gasteiger partial charge on any atom is -0.331 e. The number of carbonyl (C=O) groups is 2. The largest absolute Gasteiger partial charge is 0.416 e. The molecule has 1 N–H and O–H groups in total. The van der Waals surface area contributed by atoms with Crippen LogP contribution < -0.4 is 5.32 Å². The van der Waals surface area contributed by atoms with Crippen LogP contribution >= 0.6 is 11.3 Å². The molecule has 0 spiro atoms. The summed E-state index contributed by atoms with van der Waals surface area (Å²) in [6.45, 7) is 1.59. The van der Waals surface area contributed by atoms with Crippen molar-refractivity contribution in [1.82, 2.24) is 14.5 Å². The second-order valence-corrected chi connectivity index (χ2v) is 8.33. The summed E-state index contributed by atoms with van der Waals surface area (Å²) in [6, 6.07) is 10.00. The number of thiazole rings is 1. The van der Waals surface area contributed by atoms with Crippen molar-refractivity contribution in [1.29, 1.82) is 0 Å². The van der Waals surface area contributed by atoms with Crippen LogP contribution in [0.25, 0.3) is 11.0 Å². The Kier molecular flexibility index (Phi) is 6.03. The van der Waals surface area contributed by atoms with Gasteiger partial charge in [-0.1, -0.05) is 25.1 Å². The quantitative estimate of drug-likeness (QED) is 0.418. The zero-order valence-electron chi connectivity index (χ0n) is 17.7. The molecule has 1 amide bonds. The summed E-state index contributed by atoms with van der Waals surface area (Å²) in [7, 11) is 1.75. The van der Waals surface area contributed by atoms with Crippen LogP contribution in [-0.4, -0.2) is 26.2 Å². The summed E-state index contributed by atoms with van der Waals surface area (Å²) in [6.07, 6.45) is -4.51. The summed E-state index contributed by atoms with van der Waals surface area (Å²) in [5.74, 6) is -0.815. The van der Waals surface area contributed by atoms with E-state index < -0.39 is 17.7 Å². The van der Waals surface area contributed by atoms with Crippen molar-refractivity contribution >= 4 is 39.7 Å². The van der Waals surface area contributed by atoms with E-state index in [9.17, 15) is 22.8 Å². The number of halogens is 3. The number of nitrogens with zero attached hydrogens (tertiary/aromatic N) is 3. The van der Waals surface area contributed by atoms with Gasteiger partial charge in [0.2, 0.25) is 0 Å². The van der Waals surface area contributed by atoms with E-state index in [2.05, 4.69) is 15.3 Å². The van der Waals surface area contributed by atoms with Gasteiger partial charge < -0.3 is 9.88 Å². The fraction of sp³-hybridized carbons (Fsp3) is 0.217. The van der Waals surface area contributed by atoms with E-state index in [1.54, 1.807) is 47.6 Å². The number of nitrogens with one attached hydrogen (secondary N) is 1.